The lowest BCUT2D eigenvalue weighted by Gasteiger charge is -2.35. The lowest BCUT2D eigenvalue weighted by molar-refractivity contribution is 0.0104. The molecule has 0 saturated carbocycles. The highest BCUT2D eigenvalue weighted by Crippen LogP contribution is 2.23. The van der Waals surface area contributed by atoms with Crippen LogP contribution in [0, 0.1) is 0 Å². The molecule has 126 valence electrons. The average Bonchev–Trinajstić information content (AvgIpc) is 2.52. The summed E-state index contributed by atoms with van der Waals surface area (Å²) in [7, 11) is 1.52. The van der Waals surface area contributed by atoms with Crippen LogP contribution in [0.4, 0.5) is 4.79 Å². The molecule has 1 saturated heterocycles. The van der Waals surface area contributed by atoms with Gasteiger partial charge in [-0.3, -0.25) is 9.69 Å². The molecule has 1 aromatic heterocycles. The number of aromatic nitrogens is 1. The number of Topliss-reactive ketones (excluding diaryl/α,β-unsaturated/α-hetero) is 1. The molecule has 0 bridgehead atoms. The van der Waals surface area contributed by atoms with Gasteiger partial charge in [0.1, 0.15) is 5.60 Å². The van der Waals surface area contributed by atoms with Gasteiger partial charge in [0.15, 0.2) is 5.78 Å². The Morgan fingerprint density at radius 3 is 2.57 bits per heavy atom. The zero-order valence-electron chi connectivity index (χ0n) is 14.2. The van der Waals surface area contributed by atoms with Crippen molar-refractivity contribution < 1.29 is 19.1 Å². The predicted octanol–water partition coefficient (Wildman–Crippen LogP) is 3.06. The molecule has 0 spiro atoms. The van der Waals surface area contributed by atoms with Crippen LogP contribution in [0.15, 0.2) is 18.3 Å². The fourth-order valence-corrected chi connectivity index (χ4v) is 2.58. The molecule has 23 heavy (non-hydrogen) atoms. The second-order valence-electron chi connectivity index (χ2n) is 6.64. The van der Waals surface area contributed by atoms with Crippen LogP contribution in [0.2, 0.25) is 0 Å². The average molecular weight is 320 g/mol. The molecule has 6 nitrogen and oxygen atoms in total. The van der Waals surface area contributed by atoms with Crippen molar-refractivity contribution in [1.82, 2.24) is 9.88 Å². The second kappa shape index (κ2) is 6.98. The van der Waals surface area contributed by atoms with Gasteiger partial charge >= 0.3 is 6.09 Å². The van der Waals surface area contributed by atoms with E-state index >= 15 is 0 Å². The van der Waals surface area contributed by atoms with Gasteiger partial charge in [0, 0.05) is 24.4 Å². The van der Waals surface area contributed by atoms with Crippen LogP contribution in [0.25, 0.3) is 0 Å². The summed E-state index contributed by atoms with van der Waals surface area (Å²) in [6, 6.07) is 2.83. The van der Waals surface area contributed by atoms with E-state index in [1.807, 2.05) is 20.8 Å². The second-order valence-corrected chi connectivity index (χ2v) is 6.64. The third-order valence-electron chi connectivity index (χ3n) is 3.66. The van der Waals surface area contributed by atoms with E-state index in [0.29, 0.717) is 24.4 Å². The molecule has 0 N–H and O–H groups in total. The first-order valence-corrected chi connectivity index (χ1v) is 7.85. The van der Waals surface area contributed by atoms with Crippen LogP contribution in [0.3, 0.4) is 0 Å². The van der Waals surface area contributed by atoms with E-state index in [-0.39, 0.29) is 5.78 Å². The number of hydrogen-bond donors (Lipinski definition) is 0. The highest BCUT2D eigenvalue weighted by Gasteiger charge is 2.35. The molecule has 1 amide bonds. The molecule has 1 fully saturated rings. The Hall–Kier alpha value is -2.11. The molecule has 0 radical (unpaired) electrons. The van der Waals surface area contributed by atoms with Gasteiger partial charge in [-0.1, -0.05) is 0 Å². The Bertz CT molecular complexity index is 563. The molecule has 2 rings (SSSR count). The molecule has 1 aromatic rings. The van der Waals surface area contributed by atoms with Crippen molar-refractivity contribution in [3.05, 3.63) is 23.9 Å². The van der Waals surface area contributed by atoms with Gasteiger partial charge in [-0.2, -0.15) is 0 Å². The number of methoxy groups -OCH3 is 1. The number of rotatable bonds is 3. The fourth-order valence-electron chi connectivity index (χ4n) is 2.58. The summed E-state index contributed by atoms with van der Waals surface area (Å²) in [5.41, 5.74) is -0.102. The summed E-state index contributed by atoms with van der Waals surface area (Å²) in [4.78, 5) is 30.7. The maximum atomic E-state index is 12.7. The van der Waals surface area contributed by atoms with Crippen molar-refractivity contribution in [3.8, 4) is 5.88 Å². The topological polar surface area (TPSA) is 68.7 Å². The summed E-state index contributed by atoms with van der Waals surface area (Å²) >= 11 is 0. The van der Waals surface area contributed by atoms with E-state index in [0.717, 1.165) is 12.8 Å². The van der Waals surface area contributed by atoms with Crippen molar-refractivity contribution in [2.75, 3.05) is 13.7 Å². The molecule has 0 aliphatic carbocycles. The highest BCUT2D eigenvalue weighted by molar-refractivity contribution is 6.01. The Labute approximate surface area is 136 Å². The van der Waals surface area contributed by atoms with Gasteiger partial charge in [0.25, 0.3) is 0 Å². The first kappa shape index (κ1) is 17.2. The number of carbonyl (C=O) groups excluding carboxylic acids is 2. The number of carbonyl (C=O) groups is 2. The maximum absolute atomic E-state index is 12.7. The van der Waals surface area contributed by atoms with E-state index in [4.69, 9.17) is 9.47 Å². The Morgan fingerprint density at radius 2 is 2.00 bits per heavy atom. The summed E-state index contributed by atoms with van der Waals surface area (Å²) in [6.45, 7) is 5.99. The van der Waals surface area contributed by atoms with Crippen LogP contribution in [0.5, 0.6) is 5.88 Å². The molecular formula is C17H24N2O4. The lowest BCUT2D eigenvalue weighted by atomic mass is 9.95. The smallest absolute Gasteiger partial charge is 0.410 e. The van der Waals surface area contributed by atoms with Crippen molar-refractivity contribution in [2.45, 2.75) is 51.7 Å². The van der Waals surface area contributed by atoms with Crippen molar-refractivity contribution in [2.24, 2.45) is 0 Å². The van der Waals surface area contributed by atoms with Gasteiger partial charge < -0.3 is 9.47 Å². The van der Waals surface area contributed by atoms with Gasteiger partial charge in [-0.25, -0.2) is 9.78 Å². The zero-order valence-corrected chi connectivity index (χ0v) is 14.2. The number of hydrogen-bond acceptors (Lipinski definition) is 5. The minimum atomic E-state index is -0.580. The van der Waals surface area contributed by atoms with E-state index < -0.39 is 17.7 Å². The van der Waals surface area contributed by atoms with Crippen molar-refractivity contribution in [3.63, 3.8) is 0 Å². The molecule has 1 unspecified atom stereocenters. The SMILES string of the molecule is COc1ccc(C(=O)C2CCCCN2C(=O)OC(C)(C)C)cn1. The third-order valence-corrected chi connectivity index (χ3v) is 3.66. The van der Waals surface area contributed by atoms with Gasteiger partial charge in [-0.05, 0) is 46.1 Å². The Morgan fingerprint density at radius 1 is 1.26 bits per heavy atom. The summed E-state index contributed by atoms with van der Waals surface area (Å²) in [5, 5.41) is 0. The number of ketones is 1. The molecule has 0 aromatic carbocycles. The Kier molecular flexibility index (Phi) is 5.23. The van der Waals surface area contributed by atoms with Gasteiger partial charge in [0.2, 0.25) is 5.88 Å². The molecule has 1 aliphatic heterocycles. The summed E-state index contributed by atoms with van der Waals surface area (Å²) in [6.07, 6.45) is 3.49. The monoisotopic (exact) mass is 320 g/mol. The van der Waals surface area contributed by atoms with Crippen LogP contribution >= 0.6 is 0 Å². The van der Waals surface area contributed by atoms with E-state index in [9.17, 15) is 9.59 Å². The fraction of sp³-hybridized carbons (Fsp3) is 0.588. The number of pyridine rings is 1. The van der Waals surface area contributed by atoms with E-state index in [2.05, 4.69) is 4.98 Å². The van der Waals surface area contributed by atoms with E-state index in [1.165, 1.54) is 13.3 Å². The number of nitrogens with zero attached hydrogens (tertiary/aromatic N) is 2. The molecular weight excluding hydrogens is 296 g/mol. The minimum absolute atomic E-state index is 0.106. The summed E-state index contributed by atoms with van der Waals surface area (Å²) < 4.78 is 10.4. The van der Waals surface area contributed by atoms with Crippen LogP contribution in [-0.2, 0) is 4.74 Å². The zero-order chi connectivity index (χ0) is 17.0. The number of likely N-dealkylation sites (tertiary alicyclic amines) is 1. The molecule has 6 heteroatoms. The molecule has 2 heterocycles. The van der Waals surface area contributed by atoms with Gasteiger partial charge in [0.05, 0.1) is 13.2 Å². The normalized spacial score (nSPS) is 18.4. The standard InChI is InChI=1S/C17H24N2O4/c1-17(2,3)23-16(21)19-10-6-5-7-13(19)15(20)12-8-9-14(22-4)18-11-12/h8-9,11,13H,5-7,10H2,1-4H3. The Balaban J connectivity index is 2.16. The molecule has 1 atom stereocenters. The number of ether oxygens (including phenoxy) is 2. The minimum Gasteiger partial charge on any atom is -0.481 e. The highest BCUT2D eigenvalue weighted by atomic mass is 16.6. The lowest BCUT2D eigenvalue weighted by Crippen LogP contribution is -2.49. The van der Waals surface area contributed by atoms with Crippen molar-refractivity contribution >= 4 is 11.9 Å². The van der Waals surface area contributed by atoms with E-state index in [1.54, 1.807) is 17.0 Å². The van der Waals surface area contributed by atoms with Crippen molar-refractivity contribution in [1.29, 1.82) is 0 Å². The van der Waals surface area contributed by atoms with Crippen LogP contribution < -0.4 is 4.74 Å². The quantitative estimate of drug-likeness (QED) is 0.801. The van der Waals surface area contributed by atoms with Gasteiger partial charge in [-0.15, -0.1) is 0 Å². The largest absolute Gasteiger partial charge is 0.481 e. The predicted molar refractivity (Wildman–Crippen MR) is 85.7 cm³/mol. The first-order valence-electron chi connectivity index (χ1n) is 7.85. The van der Waals surface area contributed by atoms with Crippen LogP contribution in [0.1, 0.15) is 50.4 Å². The first-order chi connectivity index (χ1) is 10.8. The maximum Gasteiger partial charge on any atom is 0.410 e. The third kappa shape index (κ3) is 4.43. The number of amides is 1. The molecule has 1 aliphatic rings. The number of piperidine rings is 1. The van der Waals surface area contributed by atoms with Crippen LogP contribution in [-0.4, -0.2) is 47.1 Å². The summed E-state index contributed by atoms with van der Waals surface area (Å²) in [5.74, 6) is 0.347.